The number of piperazine rings is 1. The van der Waals surface area contributed by atoms with Crippen molar-refractivity contribution in [3.05, 3.63) is 0 Å². The van der Waals surface area contributed by atoms with Crippen LogP contribution in [0.25, 0.3) is 0 Å². The predicted octanol–water partition coefficient (Wildman–Crippen LogP) is -0.911. The number of nitrogens with two attached hydrogens (primary N) is 1. The van der Waals surface area contributed by atoms with E-state index in [4.69, 9.17) is 5.73 Å². The molecule has 5 nitrogen and oxygen atoms in total. The van der Waals surface area contributed by atoms with E-state index >= 15 is 0 Å². The van der Waals surface area contributed by atoms with E-state index in [1.807, 2.05) is 0 Å². The van der Waals surface area contributed by atoms with Crippen molar-refractivity contribution in [3.63, 3.8) is 0 Å². The summed E-state index contributed by atoms with van der Waals surface area (Å²) in [6, 6.07) is 0. The summed E-state index contributed by atoms with van der Waals surface area (Å²) < 4.78 is 0. The topological polar surface area (TPSA) is 61.6 Å². The molecule has 2 fully saturated rings. The van der Waals surface area contributed by atoms with Gasteiger partial charge in [0.25, 0.3) is 0 Å². The van der Waals surface area contributed by atoms with Crippen LogP contribution in [0.3, 0.4) is 0 Å². The number of carbonyl (C=O) groups excluding carboxylic acids is 1. The molecule has 1 heterocycles. The molecule has 0 bridgehead atoms. The Kier molecular flexibility index (Phi) is 4.76. The van der Waals surface area contributed by atoms with Crippen molar-refractivity contribution >= 4 is 5.91 Å². The molecule has 1 amide bonds. The van der Waals surface area contributed by atoms with Gasteiger partial charge in [-0.15, -0.1) is 0 Å². The molecule has 2 aliphatic rings. The van der Waals surface area contributed by atoms with Crippen molar-refractivity contribution in [1.29, 1.82) is 0 Å². The highest BCUT2D eigenvalue weighted by Crippen LogP contribution is 2.29. The van der Waals surface area contributed by atoms with Crippen molar-refractivity contribution in [2.75, 3.05) is 52.4 Å². The number of hydrogen-bond acceptors (Lipinski definition) is 4. The summed E-state index contributed by atoms with van der Waals surface area (Å²) >= 11 is 0. The number of nitrogens with one attached hydrogen (secondary N) is 1. The van der Waals surface area contributed by atoms with Crippen LogP contribution in [0, 0.1) is 5.92 Å². The summed E-state index contributed by atoms with van der Waals surface area (Å²) in [7, 11) is 0. The summed E-state index contributed by atoms with van der Waals surface area (Å²) in [6.45, 7) is 7.15. The highest BCUT2D eigenvalue weighted by atomic mass is 16.2. The Morgan fingerprint density at radius 1 is 1.18 bits per heavy atom. The third-order valence-electron chi connectivity index (χ3n) is 3.51. The summed E-state index contributed by atoms with van der Waals surface area (Å²) in [5.41, 5.74) is 5.35. The molecule has 1 aliphatic carbocycles. The highest BCUT2D eigenvalue weighted by Gasteiger charge is 2.26. The molecule has 0 radical (unpaired) electrons. The van der Waals surface area contributed by atoms with Gasteiger partial charge in [0.1, 0.15) is 0 Å². The Bertz CT molecular complexity index is 247. The van der Waals surface area contributed by atoms with E-state index in [1.165, 1.54) is 19.4 Å². The molecule has 17 heavy (non-hydrogen) atoms. The monoisotopic (exact) mass is 240 g/mol. The van der Waals surface area contributed by atoms with Crippen LogP contribution in [0.15, 0.2) is 0 Å². The van der Waals surface area contributed by atoms with E-state index in [1.54, 1.807) is 0 Å². The van der Waals surface area contributed by atoms with Gasteiger partial charge in [-0.3, -0.25) is 9.69 Å². The number of nitrogens with zero attached hydrogens (tertiary/aromatic N) is 2. The second-order valence-corrected chi connectivity index (χ2v) is 5.16. The highest BCUT2D eigenvalue weighted by molar-refractivity contribution is 5.78. The van der Waals surface area contributed by atoms with E-state index in [0.717, 1.165) is 32.1 Å². The molecule has 1 saturated heterocycles. The largest absolute Gasteiger partial charge is 0.354 e. The maximum atomic E-state index is 11.5. The third-order valence-corrected chi connectivity index (χ3v) is 3.51. The fourth-order valence-corrected chi connectivity index (χ4v) is 2.27. The molecule has 0 unspecified atom stereocenters. The zero-order valence-corrected chi connectivity index (χ0v) is 10.5. The van der Waals surface area contributed by atoms with Crippen LogP contribution >= 0.6 is 0 Å². The van der Waals surface area contributed by atoms with Gasteiger partial charge in [0.2, 0.25) is 5.91 Å². The molecule has 0 aromatic rings. The molecule has 0 aromatic heterocycles. The van der Waals surface area contributed by atoms with Crippen LogP contribution < -0.4 is 11.1 Å². The molecule has 1 aliphatic heterocycles. The minimum absolute atomic E-state index is 0.103. The van der Waals surface area contributed by atoms with Crippen molar-refractivity contribution in [2.24, 2.45) is 11.7 Å². The fourth-order valence-electron chi connectivity index (χ4n) is 2.27. The zero-order valence-electron chi connectivity index (χ0n) is 10.5. The van der Waals surface area contributed by atoms with E-state index in [-0.39, 0.29) is 5.91 Å². The van der Waals surface area contributed by atoms with Gasteiger partial charge in [-0.05, 0) is 18.8 Å². The summed E-state index contributed by atoms with van der Waals surface area (Å²) in [6.07, 6.45) is 2.84. The standard InChI is InChI=1S/C12H24N4O/c13-3-4-14-12(17)10-16-7-5-15(6-8-16)9-11-1-2-11/h11H,1-10,13H2,(H,14,17). The van der Waals surface area contributed by atoms with Gasteiger partial charge < -0.3 is 16.0 Å². The van der Waals surface area contributed by atoms with Gasteiger partial charge in [0.05, 0.1) is 6.54 Å². The van der Waals surface area contributed by atoms with Crippen molar-refractivity contribution in [2.45, 2.75) is 12.8 Å². The van der Waals surface area contributed by atoms with Crippen LogP contribution in [0.5, 0.6) is 0 Å². The van der Waals surface area contributed by atoms with Crippen LogP contribution in [-0.2, 0) is 4.79 Å². The van der Waals surface area contributed by atoms with E-state index in [0.29, 0.717) is 19.6 Å². The van der Waals surface area contributed by atoms with E-state index in [2.05, 4.69) is 15.1 Å². The van der Waals surface area contributed by atoms with Gasteiger partial charge >= 0.3 is 0 Å². The van der Waals surface area contributed by atoms with Crippen LogP contribution in [-0.4, -0.2) is 68.1 Å². The van der Waals surface area contributed by atoms with Gasteiger partial charge in [-0.25, -0.2) is 0 Å². The average Bonchev–Trinajstić information content (AvgIpc) is 3.13. The summed E-state index contributed by atoms with van der Waals surface area (Å²) in [5.74, 6) is 1.07. The third kappa shape index (κ3) is 4.61. The van der Waals surface area contributed by atoms with Crippen LogP contribution in [0.2, 0.25) is 0 Å². The zero-order chi connectivity index (χ0) is 12.1. The molecule has 0 atom stereocenters. The van der Waals surface area contributed by atoms with Gasteiger partial charge in [-0.2, -0.15) is 0 Å². The van der Waals surface area contributed by atoms with Crippen molar-refractivity contribution in [1.82, 2.24) is 15.1 Å². The van der Waals surface area contributed by atoms with Gasteiger partial charge in [0, 0.05) is 45.8 Å². The molecular weight excluding hydrogens is 216 g/mol. The molecule has 0 spiro atoms. The average molecular weight is 240 g/mol. The first-order valence-corrected chi connectivity index (χ1v) is 6.69. The Balaban J connectivity index is 1.59. The minimum Gasteiger partial charge on any atom is -0.354 e. The second kappa shape index (κ2) is 6.33. The predicted molar refractivity (Wildman–Crippen MR) is 67.7 cm³/mol. The molecule has 98 valence electrons. The molecular formula is C12H24N4O. The van der Waals surface area contributed by atoms with Gasteiger partial charge in [-0.1, -0.05) is 0 Å². The lowest BCUT2D eigenvalue weighted by Gasteiger charge is -2.34. The second-order valence-electron chi connectivity index (χ2n) is 5.16. The van der Waals surface area contributed by atoms with Gasteiger partial charge in [0.15, 0.2) is 0 Å². The number of amides is 1. The first kappa shape index (κ1) is 12.8. The Hall–Kier alpha value is -0.650. The smallest absolute Gasteiger partial charge is 0.234 e. The first-order chi connectivity index (χ1) is 8.28. The Morgan fingerprint density at radius 3 is 2.41 bits per heavy atom. The Labute approximate surface area is 103 Å². The minimum atomic E-state index is 0.103. The maximum Gasteiger partial charge on any atom is 0.234 e. The fraction of sp³-hybridized carbons (Fsp3) is 0.917. The number of carbonyl (C=O) groups is 1. The van der Waals surface area contributed by atoms with Crippen molar-refractivity contribution in [3.8, 4) is 0 Å². The van der Waals surface area contributed by atoms with E-state index in [9.17, 15) is 4.79 Å². The Morgan fingerprint density at radius 2 is 1.82 bits per heavy atom. The SMILES string of the molecule is NCCNC(=O)CN1CCN(CC2CC2)CC1. The lowest BCUT2D eigenvalue weighted by Crippen LogP contribution is -2.50. The van der Waals surface area contributed by atoms with E-state index < -0.39 is 0 Å². The quantitative estimate of drug-likeness (QED) is 0.631. The van der Waals surface area contributed by atoms with Crippen LogP contribution in [0.4, 0.5) is 0 Å². The maximum absolute atomic E-state index is 11.5. The molecule has 0 aromatic carbocycles. The number of rotatable bonds is 6. The molecule has 2 rings (SSSR count). The summed E-state index contributed by atoms with van der Waals surface area (Å²) in [5, 5.41) is 2.81. The molecule has 1 saturated carbocycles. The molecule has 5 heteroatoms. The molecule has 3 N–H and O–H groups in total. The lowest BCUT2D eigenvalue weighted by atomic mass is 10.3. The first-order valence-electron chi connectivity index (χ1n) is 6.69. The summed E-state index contributed by atoms with van der Waals surface area (Å²) in [4.78, 5) is 16.3. The van der Waals surface area contributed by atoms with Crippen LogP contribution in [0.1, 0.15) is 12.8 Å². The van der Waals surface area contributed by atoms with Crippen molar-refractivity contribution < 1.29 is 4.79 Å². The normalized spacial score (nSPS) is 22.6. The lowest BCUT2D eigenvalue weighted by molar-refractivity contribution is -0.122. The number of hydrogen-bond donors (Lipinski definition) is 2.